The van der Waals surface area contributed by atoms with Crippen LogP contribution in [0.2, 0.25) is 0 Å². The summed E-state index contributed by atoms with van der Waals surface area (Å²) < 4.78 is 5.23. The van der Waals surface area contributed by atoms with Crippen LogP contribution in [0.4, 0.5) is 0 Å². The smallest absolute Gasteiger partial charge is 0.118 e. The standard InChI is InChI=1S/C29H36N2O2/c1-3-23-21-31(18-5-6-22-9-12-27(33-2)13-10-22)19-16-24(23)7-4-8-25-15-17-30-29-14-11-26(32)20-28(25)29/h5-6,9-15,17,20,23-24,32H,3-4,7-8,16,18-19,21H2,1-2H3/b6-5+/t23-,24+/m0/s1. The Labute approximate surface area is 197 Å². The quantitative estimate of drug-likeness (QED) is 0.419. The molecule has 1 aliphatic heterocycles. The van der Waals surface area contributed by atoms with E-state index in [1.807, 2.05) is 30.5 Å². The summed E-state index contributed by atoms with van der Waals surface area (Å²) >= 11 is 0. The first-order valence-electron chi connectivity index (χ1n) is 12.3. The molecule has 0 unspecified atom stereocenters. The number of phenols is 1. The summed E-state index contributed by atoms with van der Waals surface area (Å²) in [6, 6.07) is 15.8. The lowest BCUT2D eigenvalue weighted by atomic mass is 9.80. The number of rotatable bonds is 9. The van der Waals surface area contributed by atoms with Gasteiger partial charge in [-0.2, -0.15) is 0 Å². The number of nitrogens with zero attached hydrogens (tertiary/aromatic N) is 2. The molecule has 3 aromatic rings. The van der Waals surface area contributed by atoms with Gasteiger partial charge in [0.1, 0.15) is 11.5 Å². The molecule has 1 aliphatic rings. The second-order valence-electron chi connectivity index (χ2n) is 9.22. The van der Waals surface area contributed by atoms with Crippen molar-refractivity contribution in [3.8, 4) is 11.5 Å². The van der Waals surface area contributed by atoms with E-state index in [2.05, 4.69) is 47.2 Å². The second-order valence-corrected chi connectivity index (χ2v) is 9.22. The predicted molar refractivity (Wildman–Crippen MR) is 137 cm³/mol. The summed E-state index contributed by atoms with van der Waals surface area (Å²) in [5.74, 6) is 2.79. The topological polar surface area (TPSA) is 45.6 Å². The number of aromatic hydroxyl groups is 1. The van der Waals surface area contributed by atoms with Gasteiger partial charge < -0.3 is 9.84 Å². The highest BCUT2D eigenvalue weighted by molar-refractivity contribution is 5.83. The van der Waals surface area contributed by atoms with E-state index in [4.69, 9.17) is 4.74 Å². The molecular formula is C29H36N2O2. The van der Waals surface area contributed by atoms with Crippen molar-refractivity contribution in [3.05, 3.63) is 71.9 Å². The normalized spacial score (nSPS) is 19.3. The van der Waals surface area contributed by atoms with Crippen LogP contribution in [-0.4, -0.2) is 41.7 Å². The molecule has 1 aromatic heterocycles. The average molecular weight is 445 g/mol. The number of pyridine rings is 1. The molecule has 174 valence electrons. The molecule has 4 nitrogen and oxygen atoms in total. The lowest BCUT2D eigenvalue weighted by Gasteiger charge is -2.38. The molecule has 4 heteroatoms. The molecule has 1 fully saturated rings. The molecule has 0 saturated carbocycles. The molecule has 33 heavy (non-hydrogen) atoms. The molecule has 0 radical (unpaired) electrons. The van der Waals surface area contributed by atoms with Crippen LogP contribution in [0.3, 0.4) is 0 Å². The van der Waals surface area contributed by atoms with Crippen LogP contribution in [0.25, 0.3) is 17.0 Å². The lowest BCUT2D eigenvalue weighted by molar-refractivity contribution is 0.119. The highest BCUT2D eigenvalue weighted by Gasteiger charge is 2.27. The molecule has 1 N–H and O–H groups in total. The first-order chi connectivity index (χ1) is 16.2. The van der Waals surface area contributed by atoms with Crippen molar-refractivity contribution in [1.82, 2.24) is 9.88 Å². The Balaban J connectivity index is 1.27. The lowest BCUT2D eigenvalue weighted by Crippen LogP contribution is -2.40. The maximum atomic E-state index is 9.88. The van der Waals surface area contributed by atoms with Crippen LogP contribution in [-0.2, 0) is 6.42 Å². The zero-order valence-corrected chi connectivity index (χ0v) is 19.9. The van der Waals surface area contributed by atoms with Crippen molar-refractivity contribution < 1.29 is 9.84 Å². The van der Waals surface area contributed by atoms with E-state index in [1.54, 1.807) is 13.2 Å². The Morgan fingerprint density at radius 1 is 1.12 bits per heavy atom. The Kier molecular flexibility index (Phi) is 8.01. The number of fused-ring (bicyclic) bond motifs is 1. The van der Waals surface area contributed by atoms with E-state index in [9.17, 15) is 5.11 Å². The van der Waals surface area contributed by atoms with Crippen molar-refractivity contribution >= 4 is 17.0 Å². The number of aromatic nitrogens is 1. The number of methoxy groups -OCH3 is 1. The largest absolute Gasteiger partial charge is 0.508 e. The molecule has 4 rings (SSSR count). The first kappa shape index (κ1) is 23.3. The van der Waals surface area contributed by atoms with Crippen LogP contribution in [0, 0.1) is 11.8 Å². The first-order valence-corrected chi connectivity index (χ1v) is 12.3. The Bertz CT molecular complexity index is 1060. The molecular weight excluding hydrogens is 408 g/mol. The molecule has 0 amide bonds. The fraction of sp³-hybridized carbons (Fsp3) is 0.414. The third-order valence-electron chi connectivity index (χ3n) is 7.13. The highest BCUT2D eigenvalue weighted by Crippen LogP contribution is 2.31. The highest BCUT2D eigenvalue weighted by atomic mass is 16.5. The zero-order chi connectivity index (χ0) is 23.0. The Hall–Kier alpha value is -2.85. The number of hydrogen-bond acceptors (Lipinski definition) is 4. The van der Waals surface area contributed by atoms with E-state index in [-0.39, 0.29) is 0 Å². The minimum atomic E-state index is 0.316. The minimum absolute atomic E-state index is 0.316. The summed E-state index contributed by atoms with van der Waals surface area (Å²) in [6.45, 7) is 5.73. The van der Waals surface area contributed by atoms with Crippen molar-refractivity contribution in [2.24, 2.45) is 11.8 Å². The van der Waals surface area contributed by atoms with Crippen LogP contribution in [0.5, 0.6) is 11.5 Å². The van der Waals surface area contributed by atoms with Gasteiger partial charge in [0.2, 0.25) is 0 Å². The van der Waals surface area contributed by atoms with Gasteiger partial charge in [-0.3, -0.25) is 9.88 Å². The van der Waals surface area contributed by atoms with Crippen molar-refractivity contribution in [2.75, 3.05) is 26.7 Å². The van der Waals surface area contributed by atoms with E-state index in [0.717, 1.165) is 41.5 Å². The number of aryl methyl sites for hydroxylation is 1. The molecule has 2 heterocycles. The van der Waals surface area contributed by atoms with Gasteiger partial charge in [0, 0.05) is 24.7 Å². The Morgan fingerprint density at radius 2 is 1.97 bits per heavy atom. The maximum absolute atomic E-state index is 9.88. The third-order valence-corrected chi connectivity index (χ3v) is 7.13. The van der Waals surface area contributed by atoms with E-state index in [1.165, 1.54) is 49.9 Å². The number of piperidine rings is 1. The summed E-state index contributed by atoms with van der Waals surface area (Å²) in [5, 5.41) is 11.0. The zero-order valence-electron chi connectivity index (χ0n) is 19.9. The van der Waals surface area contributed by atoms with Gasteiger partial charge in [0.15, 0.2) is 0 Å². The van der Waals surface area contributed by atoms with Gasteiger partial charge in [-0.05, 0) is 91.6 Å². The molecule has 2 aromatic carbocycles. The minimum Gasteiger partial charge on any atom is -0.508 e. The fourth-order valence-electron chi connectivity index (χ4n) is 5.18. The number of benzene rings is 2. The second kappa shape index (κ2) is 11.3. The summed E-state index contributed by atoms with van der Waals surface area (Å²) in [5.41, 5.74) is 3.48. The summed E-state index contributed by atoms with van der Waals surface area (Å²) in [4.78, 5) is 7.04. The predicted octanol–water partition coefficient (Wildman–Crippen LogP) is 6.33. The van der Waals surface area contributed by atoms with Gasteiger partial charge >= 0.3 is 0 Å². The van der Waals surface area contributed by atoms with E-state index >= 15 is 0 Å². The van der Waals surface area contributed by atoms with Crippen LogP contribution < -0.4 is 4.74 Å². The monoisotopic (exact) mass is 444 g/mol. The molecule has 0 bridgehead atoms. The summed E-state index contributed by atoms with van der Waals surface area (Å²) in [7, 11) is 1.70. The van der Waals surface area contributed by atoms with Crippen molar-refractivity contribution in [1.29, 1.82) is 0 Å². The summed E-state index contributed by atoms with van der Waals surface area (Å²) in [6.07, 6.45) is 12.4. The van der Waals surface area contributed by atoms with Gasteiger partial charge in [-0.1, -0.05) is 37.6 Å². The molecule has 0 aliphatic carbocycles. The van der Waals surface area contributed by atoms with E-state index in [0.29, 0.717) is 5.75 Å². The van der Waals surface area contributed by atoms with Gasteiger partial charge in [-0.25, -0.2) is 0 Å². The molecule has 0 spiro atoms. The molecule has 2 atom stereocenters. The van der Waals surface area contributed by atoms with Crippen LogP contribution in [0.15, 0.2) is 60.8 Å². The van der Waals surface area contributed by atoms with Gasteiger partial charge in [0.25, 0.3) is 0 Å². The number of phenolic OH excluding ortho intramolecular Hbond substituents is 1. The average Bonchev–Trinajstić information content (AvgIpc) is 2.85. The van der Waals surface area contributed by atoms with Gasteiger partial charge in [-0.15, -0.1) is 0 Å². The van der Waals surface area contributed by atoms with Crippen LogP contribution in [0.1, 0.15) is 43.7 Å². The van der Waals surface area contributed by atoms with Gasteiger partial charge in [0.05, 0.1) is 12.6 Å². The number of hydrogen-bond donors (Lipinski definition) is 1. The fourth-order valence-corrected chi connectivity index (χ4v) is 5.18. The Morgan fingerprint density at radius 3 is 2.76 bits per heavy atom. The number of ether oxygens (including phenoxy) is 1. The van der Waals surface area contributed by atoms with Crippen molar-refractivity contribution in [2.45, 2.75) is 39.0 Å². The van der Waals surface area contributed by atoms with E-state index < -0.39 is 0 Å². The third kappa shape index (κ3) is 6.14. The molecule has 1 saturated heterocycles. The van der Waals surface area contributed by atoms with Crippen molar-refractivity contribution in [3.63, 3.8) is 0 Å². The maximum Gasteiger partial charge on any atom is 0.118 e. The SMILES string of the molecule is CC[C@H]1CN(C/C=C/c2ccc(OC)cc2)CC[C@H]1CCCc1ccnc2ccc(O)cc12. The van der Waals surface area contributed by atoms with Crippen LogP contribution >= 0.6 is 0 Å². The number of likely N-dealkylation sites (tertiary alicyclic amines) is 1.